The van der Waals surface area contributed by atoms with Crippen molar-refractivity contribution in [2.45, 2.75) is 0 Å². The van der Waals surface area contributed by atoms with Crippen molar-refractivity contribution in [3.8, 4) is 6.07 Å². The van der Waals surface area contributed by atoms with Gasteiger partial charge >= 0.3 is 0 Å². The molecule has 0 saturated carbocycles. The van der Waals surface area contributed by atoms with E-state index in [0.717, 1.165) is 5.82 Å². The van der Waals surface area contributed by atoms with Gasteiger partial charge in [-0.3, -0.25) is 4.79 Å². The number of halogens is 2. The van der Waals surface area contributed by atoms with Crippen molar-refractivity contribution in [1.82, 2.24) is 9.88 Å². The molecule has 1 aliphatic rings. The smallest absolute Gasteiger partial charge is 0.256 e. The van der Waals surface area contributed by atoms with Gasteiger partial charge in [0.05, 0.1) is 17.2 Å². The van der Waals surface area contributed by atoms with Crippen LogP contribution in [0.4, 0.5) is 10.2 Å². The normalized spacial score (nSPS) is 14.4. The van der Waals surface area contributed by atoms with E-state index in [9.17, 15) is 9.18 Å². The number of amides is 1. The SMILES string of the molecule is N#Cc1ccnc(N2CCN(C(=O)c3ccc(Br)cc3F)CC2)c1. The second-order valence-electron chi connectivity index (χ2n) is 5.42. The molecule has 3 rings (SSSR count). The van der Waals surface area contributed by atoms with E-state index in [1.807, 2.05) is 4.90 Å². The van der Waals surface area contributed by atoms with Gasteiger partial charge in [0, 0.05) is 36.8 Å². The maximum Gasteiger partial charge on any atom is 0.256 e. The monoisotopic (exact) mass is 388 g/mol. The summed E-state index contributed by atoms with van der Waals surface area (Å²) in [5, 5.41) is 8.96. The van der Waals surface area contributed by atoms with E-state index >= 15 is 0 Å². The van der Waals surface area contributed by atoms with Gasteiger partial charge in [-0.15, -0.1) is 0 Å². The fraction of sp³-hybridized carbons (Fsp3) is 0.235. The van der Waals surface area contributed by atoms with Crippen LogP contribution in [0.25, 0.3) is 0 Å². The van der Waals surface area contributed by atoms with E-state index in [1.165, 1.54) is 12.1 Å². The summed E-state index contributed by atoms with van der Waals surface area (Å²) in [5.41, 5.74) is 0.631. The second-order valence-corrected chi connectivity index (χ2v) is 6.33. The highest BCUT2D eigenvalue weighted by Gasteiger charge is 2.24. The van der Waals surface area contributed by atoms with Gasteiger partial charge in [-0.25, -0.2) is 9.37 Å². The number of hydrogen-bond acceptors (Lipinski definition) is 4. The molecule has 0 N–H and O–H groups in total. The molecule has 1 aromatic heterocycles. The molecule has 0 bridgehead atoms. The average molecular weight is 389 g/mol. The summed E-state index contributed by atoms with van der Waals surface area (Å²) >= 11 is 3.19. The largest absolute Gasteiger partial charge is 0.353 e. The minimum atomic E-state index is -0.528. The number of rotatable bonds is 2. The quantitative estimate of drug-likeness (QED) is 0.793. The first-order valence-electron chi connectivity index (χ1n) is 7.44. The molecular formula is C17H14BrFN4O. The molecule has 122 valence electrons. The number of nitrogens with zero attached hydrogens (tertiary/aromatic N) is 4. The number of benzene rings is 1. The minimum absolute atomic E-state index is 0.0799. The molecule has 0 unspecified atom stereocenters. The van der Waals surface area contributed by atoms with Crippen molar-refractivity contribution < 1.29 is 9.18 Å². The topological polar surface area (TPSA) is 60.2 Å². The number of piperazine rings is 1. The number of pyridine rings is 1. The highest BCUT2D eigenvalue weighted by molar-refractivity contribution is 9.10. The fourth-order valence-electron chi connectivity index (χ4n) is 2.63. The number of aromatic nitrogens is 1. The molecule has 2 aromatic rings. The van der Waals surface area contributed by atoms with Crippen LogP contribution >= 0.6 is 15.9 Å². The maximum absolute atomic E-state index is 14.0. The molecule has 1 fully saturated rings. The zero-order valence-corrected chi connectivity index (χ0v) is 14.3. The molecule has 5 nitrogen and oxygen atoms in total. The third-order valence-electron chi connectivity index (χ3n) is 3.93. The van der Waals surface area contributed by atoms with E-state index < -0.39 is 5.82 Å². The highest BCUT2D eigenvalue weighted by Crippen LogP contribution is 2.19. The maximum atomic E-state index is 14.0. The molecule has 0 spiro atoms. The van der Waals surface area contributed by atoms with E-state index in [-0.39, 0.29) is 11.5 Å². The van der Waals surface area contributed by atoms with Crippen LogP contribution in [-0.4, -0.2) is 42.0 Å². The number of carbonyl (C=O) groups excluding carboxylic acids is 1. The van der Waals surface area contributed by atoms with Crippen LogP contribution < -0.4 is 4.90 Å². The summed E-state index contributed by atoms with van der Waals surface area (Å²) in [5.74, 6) is -0.116. The lowest BCUT2D eigenvalue weighted by atomic mass is 10.1. The number of hydrogen-bond donors (Lipinski definition) is 0. The molecule has 1 aliphatic heterocycles. The molecule has 1 saturated heterocycles. The van der Waals surface area contributed by atoms with Crippen molar-refractivity contribution >= 4 is 27.7 Å². The summed E-state index contributed by atoms with van der Waals surface area (Å²) in [7, 11) is 0. The van der Waals surface area contributed by atoms with Crippen molar-refractivity contribution in [3.05, 3.63) is 57.9 Å². The van der Waals surface area contributed by atoms with Gasteiger partial charge in [-0.2, -0.15) is 5.26 Å². The lowest BCUT2D eigenvalue weighted by Crippen LogP contribution is -2.49. The van der Waals surface area contributed by atoms with Gasteiger partial charge in [0.2, 0.25) is 0 Å². The van der Waals surface area contributed by atoms with Gasteiger partial charge in [-0.05, 0) is 30.3 Å². The Morgan fingerprint density at radius 2 is 1.96 bits per heavy atom. The van der Waals surface area contributed by atoms with Crippen LogP contribution in [0.1, 0.15) is 15.9 Å². The van der Waals surface area contributed by atoms with Crippen LogP contribution in [0.5, 0.6) is 0 Å². The van der Waals surface area contributed by atoms with E-state index in [2.05, 4.69) is 27.0 Å². The number of nitriles is 1. The van der Waals surface area contributed by atoms with Crippen LogP contribution in [0, 0.1) is 17.1 Å². The Morgan fingerprint density at radius 3 is 2.62 bits per heavy atom. The third kappa shape index (κ3) is 3.39. The Hall–Kier alpha value is -2.46. The predicted molar refractivity (Wildman–Crippen MR) is 91.2 cm³/mol. The van der Waals surface area contributed by atoms with Crippen molar-refractivity contribution in [1.29, 1.82) is 5.26 Å². The highest BCUT2D eigenvalue weighted by atomic mass is 79.9. The average Bonchev–Trinajstić information content (AvgIpc) is 2.61. The molecule has 7 heteroatoms. The van der Waals surface area contributed by atoms with Crippen LogP contribution in [0.2, 0.25) is 0 Å². The zero-order valence-electron chi connectivity index (χ0n) is 12.7. The lowest BCUT2D eigenvalue weighted by molar-refractivity contribution is 0.0742. The lowest BCUT2D eigenvalue weighted by Gasteiger charge is -2.35. The first kappa shape index (κ1) is 16.4. The fourth-order valence-corrected chi connectivity index (χ4v) is 2.97. The van der Waals surface area contributed by atoms with Crippen molar-refractivity contribution in [2.75, 3.05) is 31.1 Å². The Morgan fingerprint density at radius 1 is 1.21 bits per heavy atom. The molecular weight excluding hydrogens is 375 g/mol. The standard InChI is InChI=1S/C17H14BrFN4O/c18-13-1-2-14(15(19)10-13)17(24)23-7-5-22(6-8-23)16-9-12(11-20)3-4-21-16/h1-4,9-10H,5-8H2. The molecule has 24 heavy (non-hydrogen) atoms. The summed E-state index contributed by atoms with van der Waals surface area (Å²) in [6.45, 7) is 2.14. The van der Waals surface area contributed by atoms with E-state index in [4.69, 9.17) is 5.26 Å². The van der Waals surface area contributed by atoms with Crippen molar-refractivity contribution in [2.24, 2.45) is 0 Å². The summed E-state index contributed by atoms with van der Waals surface area (Å²) in [6.07, 6.45) is 1.60. The van der Waals surface area contributed by atoms with Crippen molar-refractivity contribution in [3.63, 3.8) is 0 Å². The van der Waals surface area contributed by atoms with Crippen LogP contribution in [0.15, 0.2) is 41.0 Å². The minimum Gasteiger partial charge on any atom is -0.353 e. The van der Waals surface area contributed by atoms with Gasteiger partial charge in [0.25, 0.3) is 5.91 Å². The Kier molecular flexibility index (Phi) is 4.76. The zero-order chi connectivity index (χ0) is 17.1. The molecule has 1 amide bonds. The first-order chi connectivity index (χ1) is 11.6. The van der Waals surface area contributed by atoms with Gasteiger partial charge in [-0.1, -0.05) is 15.9 Å². The number of anilines is 1. The number of carbonyl (C=O) groups is 1. The van der Waals surface area contributed by atoms with Crippen LogP contribution in [-0.2, 0) is 0 Å². The van der Waals surface area contributed by atoms with Gasteiger partial charge in [0.1, 0.15) is 11.6 Å². The molecule has 0 aliphatic carbocycles. The summed E-state index contributed by atoms with van der Waals surface area (Å²) in [6, 6.07) is 9.91. The second kappa shape index (κ2) is 6.97. The molecule has 1 aromatic carbocycles. The van der Waals surface area contributed by atoms with E-state index in [1.54, 1.807) is 29.3 Å². The predicted octanol–water partition coefficient (Wildman–Crippen LogP) is 2.82. The summed E-state index contributed by atoms with van der Waals surface area (Å²) < 4.78 is 14.6. The third-order valence-corrected chi connectivity index (χ3v) is 4.42. The Balaban J connectivity index is 1.68. The Labute approximate surface area is 147 Å². The Bertz CT molecular complexity index is 812. The molecule has 0 atom stereocenters. The van der Waals surface area contributed by atoms with Crippen LogP contribution in [0.3, 0.4) is 0 Å². The van der Waals surface area contributed by atoms with Gasteiger partial charge < -0.3 is 9.80 Å². The molecule has 2 heterocycles. The van der Waals surface area contributed by atoms with E-state index in [0.29, 0.717) is 36.2 Å². The first-order valence-corrected chi connectivity index (χ1v) is 8.23. The molecule has 0 radical (unpaired) electrons. The van der Waals surface area contributed by atoms with Gasteiger partial charge in [0.15, 0.2) is 0 Å². The summed E-state index contributed by atoms with van der Waals surface area (Å²) in [4.78, 5) is 20.4.